The number of nitrogens with one attached hydrogen (secondary N) is 1. The lowest BCUT2D eigenvalue weighted by molar-refractivity contribution is 0.265. The average molecular weight is 209 g/mol. The van der Waals surface area contributed by atoms with Crippen LogP contribution in [0.4, 0.5) is 5.95 Å². The van der Waals surface area contributed by atoms with Crippen molar-refractivity contribution in [1.82, 2.24) is 9.97 Å². The van der Waals surface area contributed by atoms with Crippen LogP contribution in [0.25, 0.3) is 0 Å². The van der Waals surface area contributed by atoms with Crippen LogP contribution in [0.2, 0.25) is 0 Å². The molecule has 1 aromatic heterocycles. The number of anilines is 1. The number of rotatable bonds is 5. The molecule has 0 aromatic carbocycles. The Kier molecular flexibility index (Phi) is 4.49. The summed E-state index contributed by atoms with van der Waals surface area (Å²) in [5.41, 5.74) is 1.94. The Labute approximate surface area is 90.8 Å². The van der Waals surface area contributed by atoms with Crippen LogP contribution in [-0.2, 0) is 0 Å². The van der Waals surface area contributed by atoms with Gasteiger partial charge in [0.05, 0.1) is 0 Å². The fourth-order valence-electron chi connectivity index (χ4n) is 1.39. The molecule has 1 heterocycles. The van der Waals surface area contributed by atoms with Crippen LogP contribution in [0.5, 0.6) is 0 Å². The number of hydrogen-bond acceptors (Lipinski definition) is 4. The number of hydrogen-bond donors (Lipinski definition) is 2. The maximum absolute atomic E-state index is 8.76. The van der Waals surface area contributed by atoms with Crippen LogP contribution in [0.3, 0.4) is 0 Å². The quantitative estimate of drug-likeness (QED) is 0.772. The lowest BCUT2D eigenvalue weighted by atomic mass is 10.1. The molecule has 0 aliphatic rings. The average Bonchev–Trinajstić information content (AvgIpc) is 2.14. The molecular formula is C11H19N3O. The Bertz CT molecular complexity index is 294. The second-order valence-electron chi connectivity index (χ2n) is 3.97. The van der Waals surface area contributed by atoms with E-state index in [0.717, 1.165) is 24.4 Å². The highest BCUT2D eigenvalue weighted by Crippen LogP contribution is 2.06. The molecule has 4 heteroatoms. The predicted molar refractivity (Wildman–Crippen MR) is 60.9 cm³/mol. The number of aliphatic hydroxyl groups is 1. The summed E-state index contributed by atoms with van der Waals surface area (Å²) in [7, 11) is 0. The van der Waals surface area contributed by atoms with E-state index in [1.54, 1.807) is 0 Å². The number of nitrogens with zero attached hydrogens (tertiary/aromatic N) is 2. The molecule has 84 valence electrons. The zero-order valence-corrected chi connectivity index (χ0v) is 9.62. The predicted octanol–water partition coefficient (Wildman–Crippen LogP) is 1.52. The van der Waals surface area contributed by atoms with Gasteiger partial charge < -0.3 is 10.4 Å². The van der Waals surface area contributed by atoms with Crippen LogP contribution in [0, 0.1) is 19.8 Å². The SMILES string of the molecule is Cc1cc(C)nc(NCC(C)CCO)n1. The van der Waals surface area contributed by atoms with Gasteiger partial charge in [0.1, 0.15) is 0 Å². The lowest BCUT2D eigenvalue weighted by Gasteiger charge is -2.11. The van der Waals surface area contributed by atoms with Crippen molar-refractivity contribution in [2.24, 2.45) is 5.92 Å². The Balaban J connectivity index is 2.50. The normalized spacial score (nSPS) is 12.5. The monoisotopic (exact) mass is 209 g/mol. The van der Waals surface area contributed by atoms with E-state index >= 15 is 0 Å². The van der Waals surface area contributed by atoms with Crippen molar-refractivity contribution in [3.8, 4) is 0 Å². The van der Waals surface area contributed by atoms with Gasteiger partial charge >= 0.3 is 0 Å². The molecule has 15 heavy (non-hydrogen) atoms. The minimum absolute atomic E-state index is 0.233. The molecule has 0 bridgehead atoms. The topological polar surface area (TPSA) is 58.0 Å². The van der Waals surface area contributed by atoms with E-state index in [-0.39, 0.29) is 6.61 Å². The minimum Gasteiger partial charge on any atom is -0.396 e. The first-order valence-electron chi connectivity index (χ1n) is 5.29. The van der Waals surface area contributed by atoms with Crippen LogP contribution in [0.15, 0.2) is 6.07 Å². The zero-order chi connectivity index (χ0) is 11.3. The fraction of sp³-hybridized carbons (Fsp3) is 0.636. The summed E-state index contributed by atoms with van der Waals surface area (Å²) in [6, 6.07) is 1.95. The Morgan fingerprint density at radius 1 is 1.33 bits per heavy atom. The third kappa shape index (κ3) is 4.25. The van der Waals surface area contributed by atoms with Crippen LogP contribution < -0.4 is 5.32 Å². The highest BCUT2D eigenvalue weighted by molar-refractivity contribution is 5.27. The van der Waals surface area contributed by atoms with Gasteiger partial charge in [0.15, 0.2) is 0 Å². The van der Waals surface area contributed by atoms with E-state index < -0.39 is 0 Å². The Morgan fingerprint density at radius 2 is 1.93 bits per heavy atom. The molecule has 1 rings (SSSR count). The maximum Gasteiger partial charge on any atom is 0.223 e. The fourth-order valence-corrected chi connectivity index (χ4v) is 1.39. The molecule has 0 saturated heterocycles. The van der Waals surface area contributed by atoms with Gasteiger partial charge in [-0.25, -0.2) is 9.97 Å². The number of aromatic nitrogens is 2. The molecule has 4 nitrogen and oxygen atoms in total. The van der Waals surface area contributed by atoms with Gasteiger partial charge in [-0.15, -0.1) is 0 Å². The van der Waals surface area contributed by atoms with Crippen LogP contribution in [0.1, 0.15) is 24.7 Å². The van der Waals surface area contributed by atoms with Crippen LogP contribution >= 0.6 is 0 Å². The first-order valence-corrected chi connectivity index (χ1v) is 5.29. The molecule has 0 spiro atoms. The van der Waals surface area contributed by atoms with Crippen LogP contribution in [-0.4, -0.2) is 28.2 Å². The molecule has 0 aliphatic heterocycles. The molecular weight excluding hydrogens is 190 g/mol. The van der Waals surface area contributed by atoms with Crippen molar-refractivity contribution in [3.05, 3.63) is 17.5 Å². The molecule has 0 amide bonds. The molecule has 1 aromatic rings. The van der Waals surface area contributed by atoms with E-state index in [2.05, 4.69) is 22.2 Å². The highest BCUT2D eigenvalue weighted by Gasteiger charge is 2.03. The van der Waals surface area contributed by atoms with Crippen molar-refractivity contribution in [2.45, 2.75) is 27.2 Å². The van der Waals surface area contributed by atoms with Crippen molar-refractivity contribution in [1.29, 1.82) is 0 Å². The third-order valence-corrected chi connectivity index (χ3v) is 2.21. The summed E-state index contributed by atoms with van der Waals surface area (Å²) in [6.07, 6.45) is 0.803. The summed E-state index contributed by atoms with van der Waals surface area (Å²) in [4.78, 5) is 8.56. The standard InChI is InChI=1S/C11H19N3O/c1-8(4-5-15)7-12-11-13-9(2)6-10(3)14-11/h6,8,15H,4-5,7H2,1-3H3,(H,12,13,14). The van der Waals surface area contributed by atoms with E-state index in [0.29, 0.717) is 11.9 Å². The second-order valence-corrected chi connectivity index (χ2v) is 3.97. The molecule has 2 N–H and O–H groups in total. The Hall–Kier alpha value is -1.16. The molecule has 0 fully saturated rings. The molecule has 0 radical (unpaired) electrons. The molecule has 0 saturated carbocycles. The largest absolute Gasteiger partial charge is 0.396 e. The van der Waals surface area contributed by atoms with E-state index in [4.69, 9.17) is 5.11 Å². The van der Waals surface area contributed by atoms with E-state index in [1.165, 1.54) is 0 Å². The van der Waals surface area contributed by atoms with Crippen molar-refractivity contribution in [2.75, 3.05) is 18.5 Å². The van der Waals surface area contributed by atoms with E-state index in [9.17, 15) is 0 Å². The van der Waals surface area contributed by atoms with Gasteiger partial charge in [-0.05, 0) is 32.3 Å². The van der Waals surface area contributed by atoms with Gasteiger partial charge in [-0.2, -0.15) is 0 Å². The van der Waals surface area contributed by atoms with Gasteiger partial charge in [0.25, 0.3) is 0 Å². The van der Waals surface area contributed by atoms with Gasteiger partial charge in [-0.3, -0.25) is 0 Å². The first kappa shape index (κ1) is 11.9. The van der Waals surface area contributed by atoms with Crippen molar-refractivity contribution < 1.29 is 5.11 Å². The van der Waals surface area contributed by atoms with Gasteiger partial charge in [-0.1, -0.05) is 6.92 Å². The first-order chi connectivity index (χ1) is 7.11. The minimum atomic E-state index is 0.233. The number of aliphatic hydroxyl groups excluding tert-OH is 1. The summed E-state index contributed by atoms with van der Waals surface area (Å²) < 4.78 is 0. The molecule has 1 unspecified atom stereocenters. The highest BCUT2D eigenvalue weighted by atomic mass is 16.3. The lowest BCUT2D eigenvalue weighted by Crippen LogP contribution is -2.14. The summed E-state index contributed by atoms with van der Waals surface area (Å²) in [5, 5.41) is 11.9. The smallest absolute Gasteiger partial charge is 0.223 e. The third-order valence-electron chi connectivity index (χ3n) is 2.21. The summed E-state index contributed by atoms with van der Waals surface area (Å²) in [6.45, 7) is 7.03. The van der Waals surface area contributed by atoms with Gasteiger partial charge in [0, 0.05) is 24.5 Å². The molecule has 1 atom stereocenters. The van der Waals surface area contributed by atoms with Crippen molar-refractivity contribution >= 4 is 5.95 Å². The van der Waals surface area contributed by atoms with E-state index in [1.807, 2.05) is 19.9 Å². The maximum atomic E-state index is 8.76. The summed E-state index contributed by atoms with van der Waals surface area (Å²) >= 11 is 0. The zero-order valence-electron chi connectivity index (χ0n) is 9.62. The molecule has 0 aliphatic carbocycles. The summed E-state index contributed by atoms with van der Waals surface area (Å²) in [5.74, 6) is 1.11. The second kappa shape index (κ2) is 5.66. The Morgan fingerprint density at radius 3 is 2.47 bits per heavy atom. The van der Waals surface area contributed by atoms with Crippen molar-refractivity contribution in [3.63, 3.8) is 0 Å². The van der Waals surface area contributed by atoms with Gasteiger partial charge in [0.2, 0.25) is 5.95 Å². The number of aryl methyl sites for hydroxylation is 2.